The smallest absolute Gasteiger partial charge is 0.0474 e. The summed E-state index contributed by atoms with van der Waals surface area (Å²) in [5, 5.41) is 0.675. The Bertz CT molecular complexity index is 312. The van der Waals surface area contributed by atoms with Gasteiger partial charge in [0.05, 0.1) is 0 Å². The fraction of sp³-hybridized carbons (Fsp3) is 0.400. The first-order valence-electron chi connectivity index (χ1n) is 4.48. The maximum Gasteiger partial charge on any atom is 0.0474 e. The summed E-state index contributed by atoms with van der Waals surface area (Å²) in [5.41, 5.74) is 13.2. The van der Waals surface area contributed by atoms with Crippen molar-refractivity contribution in [3.63, 3.8) is 0 Å². The van der Waals surface area contributed by atoms with Gasteiger partial charge in [0.1, 0.15) is 0 Å². The molecule has 0 saturated carbocycles. The zero-order valence-electron chi connectivity index (χ0n) is 8.50. The Labute approximate surface area is 89.6 Å². The van der Waals surface area contributed by atoms with Gasteiger partial charge in [-0.05, 0) is 17.7 Å². The number of halogens is 1. The molecule has 1 aromatic rings. The number of nitrogens with two attached hydrogens (primary N) is 2. The molecular weight excluding hydrogens is 198 g/mol. The van der Waals surface area contributed by atoms with E-state index in [0.29, 0.717) is 11.6 Å². The molecule has 14 heavy (non-hydrogen) atoms. The average molecular weight is 214 g/mol. The van der Waals surface area contributed by atoms with E-state index in [1.165, 1.54) is 0 Å². The average Bonchev–Trinajstić information content (AvgIpc) is 2.16. The van der Waals surface area contributed by atoms with E-state index in [1.54, 1.807) is 0 Å². The topological polar surface area (TPSA) is 55.3 Å². The van der Waals surface area contributed by atoms with Crippen LogP contribution in [0.5, 0.6) is 0 Å². The molecule has 0 spiro atoms. The summed E-state index contributed by atoms with van der Waals surface area (Å²) in [6.45, 7) is 0.404. The fourth-order valence-electron chi connectivity index (χ4n) is 1.22. The second-order valence-corrected chi connectivity index (χ2v) is 3.85. The highest BCUT2D eigenvalue weighted by molar-refractivity contribution is 6.31. The van der Waals surface area contributed by atoms with Gasteiger partial charge in [0, 0.05) is 37.4 Å². The fourth-order valence-corrected chi connectivity index (χ4v) is 1.54. The number of rotatable bonds is 3. The predicted octanol–water partition coefficient (Wildman–Crippen LogP) is 1.36. The van der Waals surface area contributed by atoms with Crippen LogP contribution in [0.1, 0.15) is 11.6 Å². The second-order valence-electron chi connectivity index (χ2n) is 3.44. The van der Waals surface area contributed by atoms with Crippen LogP contribution in [-0.4, -0.2) is 20.6 Å². The molecule has 0 amide bonds. The number of nitrogens with zero attached hydrogens (tertiary/aromatic N) is 1. The van der Waals surface area contributed by atoms with Crippen LogP contribution < -0.4 is 16.4 Å². The van der Waals surface area contributed by atoms with E-state index >= 15 is 0 Å². The van der Waals surface area contributed by atoms with Crippen LogP contribution in [0, 0.1) is 0 Å². The molecule has 1 aromatic carbocycles. The molecule has 0 aromatic heterocycles. The summed E-state index contributed by atoms with van der Waals surface area (Å²) in [6, 6.07) is 5.62. The Balaban J connectivity index is 3.01. The highest BCUT2D eigenvalue weighted by Gasteiger charge is 2.09. The Morgan fingerprint density at radius 1 is 1.43 bits per heavy atom. The molecule has 0 saturated heterocycles. The van der Waals surface area contributed by atoms with Crippen molar-refractivity contribution >= 4 is 17.3 Å². The monoisotopic (exact) mass is 213 g/mol. The summed E-state index contributed by atoms with van der Waals surface area (Å²) in [5.74, 6) is 0. The Kier molecular flexibility index (Phi) is 3.75. The van der Waals surface area contributed by atoms with Gasteiger partial charge in [0.25, 0.3) is 0 Å². The third kappa shape index (κ3) is 2.38. The summed E-state index contributed by atoms with van der Waals surface area (Å²) < 4.78 is 0. The van der Waals surface area contributed by atoms with Gasteiger partial charge in [-0.25, -0.2) is 0 Å². The quantitative estimate of drug-likeness (QED) is 0.798. The zero-order chi connectivity index (χ0) is 10.7. The molecule has 1 rings (SSSR count). The van der Waals surface area contributed by atoms with Crippen molar-refractivity contribution in [2.45, 2.75) is 6.04 Å². The van der Waals surface area contributed by atoms with E-state index in [0.717, 1.165) is 11.3 Å². The zero-order valence-corrected chi connectivity index (χ0v) is 9.25. The van der Waals surface area contributed by atoms with Crippen LogP contribution in [0.15, 0.2) is 18.2 Å². The number of benzene rings is 1. The van der Waals surface area contributed by atoms with E-state index in [1.807, 2.05) is 37.2 Å². The maximum absolute atomic E-state index is 6.08. The molecule has 0 bridgehead atoms. The van der Waals surface area contributed by atoms with Gasteiger partial charge in [-0.1, -0.05) is 17.7 Å². The lowest BCUT2D eigenvalue weighted by Crippen LogP contribution is -2.21. The lowest BCUT2D eigenvalue weighted by molar-refractivity contribution is 0.737. The first-order valence-corrected chi connectivity index (χ1v) is 4.86. The van der Waals surface area contributed by atoms with E-state index < -0.39 is 0 Å². The second kappa shape index (κ2) is 4.64. The third-order valence-electron chi connectivity index (χ3n) is 2.15. The lowest BCUT2D eigenvalue weighted by atomic mass is 10.1. The molecule has 1 atom stereocenters. The van der Waals surface area contributed by atoms with Crippen molar-refractivity contribution in [2.24, 2.45) is 11.5 Å². The number of hydrogen-bond acceptors (Lipinski definition) is 3. The van der Waals surface area contributed by atoms with Crippen LogP contribution in [0.3, 0.4) is 0 Å². The molecule has 78 valence electrons. The predicted molar refractivity (Wildman–Crippen MR) is 61.8 cm³/mol. The van der Waals surface area contributed by atoms with Crippen LogP contribution in [0.2, 0.25) is 5.02 Å². The van der Waals surface area contributed by atoms with Crippen LogP contribution in [0.25, 0.3) is 0 Å². The van der Waals surface area contributed by atoms with Crippen molar-refractivity contribution in [1.82, 2.24) is 0 Å². The molecule has 4 heteroatoms. The Morgan fingerprint density at radius 2 is 2.07 bits per heavy atom. The Hall–Kier alpha value is -0.770. The van der Waals surface area contributed by atoms with Crippen LogP contribution in [0.4, 0.5) is 5.69 Å². The van der Waals surface area contributed by atoms with Crippen molar-refractivity contribution in [3.8, 4) is 0 Å². The minimum atomic E-state index is -0.182. The molecule has 0 aliphatic heterocycles. The lowest BCUT2D eigenvalue weighted by Gasteiger charge is -2.16. The molecule has 0 aliphatic carbocycles. The molecule has 0 heterocycles. The Morgan fingerprint density at radius 3 is 2.50 bits per heavy atom. The van der Waals surface area contributed by atoms with E-state index in [9.17, 15) is 0 Å². The van der Waals surface area contributed by atoms with E-state index in [2.05, 4.69) is 0 Å². The maximum atomic E-state index is 6.08. The number of hydrogen-bond donors (Lipinski definition) is 2. The van der Waals surface area contributed by atoms with Crippen molar-refractivity contribution in [2.75, 3.05) is 25.5 Å². The molecule has 0 radical (unpaired) electrons. The van der Waals surface area contributed by atoms with Gasteiger partial charge in [-0.2, -0.15) is 0 Å². The first kappa shape index (κ1) is 11.3. The summed E-state index contributed by atoms with van der Waals surface area (Å²) in [7, 11) is 3.93. The van der Waals surface area contributed by atoms with Crippen molar-refractivity contribution in [1.29, 1.82) is 0 Å². The van der Waals surface area contributed by atoms with E-state index in [4.69, 9.17) is 23.1 Å². The molecule has 3 nitrogen and oxygen atoms in total. The molecule has 0 fully saturated rings. The van der Waals surface area contributed by atoms with Crippen LogP contribution in [-0.2, 0) is 0 Å². The van der Waals surface area contributed by atoms with Gasteiger partial charge < -0.3 is 16.4 Å². The standard InChI is InChI=1S/C10H16ClN3/c1-14(2)7-3-4-8(9(11)5-7)10(13)6-12/h3-5,10H,6,12-13H2,1-2H3/t10-/m1/s1. The molecule has 0 aliphatic rings. The molecular formula is C10H16ClN3. The third-order valence-corrected chi connectivity index (χ3v) is 2.48. The van der Waals surface area contributed by atoms with Crippen molar-refractivity contribution in [3.05, 3.63) is 28.8 Å². The van der Waals surface area contributed by atoms with Gasteiger partial charge in [-0.15, -0.1) is 0 Å². The SMILES string of the molecule is CN(C)c1ccc([C@H](N)CN)c(Cl)c1. The minimum absolute atomic E-state index is 0.182. The van der Waals surface area contributed by atoms with Gasteiger partial charge in [0.15, 0.2) is 0 Å². The minimum Gasteiger partial charge on any atom is -0.378 e. The largest absolute Gasteiger partial charge is 0.378 e. The number of anilines is 1. The highest BCUT2D eigenvalue weighted by Crippen LogP contribution is 2.25. The normalized spacial score (nSPS) is 12.6. The van der Waals surface area contributed by atoms with Crippen LogP contribution >= 0.6 is 11.6 Å². The summed E-state index contributed by atoms with van der Waals surface area (Å²) in [4.78, 5) is 1.99. The highest BCUT2D eigenvalue weighted by atomic mass is 35.5. The van der Waals surface area contributed by atoms with Crippen molar-refractivity contribution < 1.29 is 0 Å². The van der Waals surface area contributed by atoms with Gasteiger partial charge >= 0.3 is 0 Å². The molecule has 4 N–H and O–H groups in total. The van der Waals surface area contributed by atoms with Gasteiger partial charge in [0.2, 0.25) is 0 Å². The summed E-state index contributed by atoms with van der Waals surface area (Å²) in [6.07, 6.45) is 0. The summed E-state index contributed by atoms with van der Waals surface area (Å²) >= 11 is 6.08. The molecule has 0 unspecified atom stereocenters. The van der Waals surface area contributed by atoms with Gasteiger partial charge in [-0.3, -0.25) is 0 Å². The van der Waals surface area contributed by atoms with E-state index in [-0.39, 0.29) is 6.04 Å². The first-order chi connectivity index (χ1) is 6.56.